The molecule has 0 aliphatic heterocycles. The van der Waals surface area contributed by atoms with Gasteiger partial charge in [0.25, 0.3) is 0 Å². The van der Waals surface area contributed by atoms with E-state index in [4.69, 9.17) is 11.6 Å². The molecule has 0 bridgehead atoms. The molecule has 5 heteroatoms. The average molecular weight is 302 g/mol. The first kappa shape index (κ1) is 11.6. The van der Waals surface area contributed by atoms with Gasteiger partial charge in [-0.05, 0) is 24.3 Å². The fourth-order valence-electron chi connectivity index (χ4n) is 1.46. The third-order valence-corrected chi connectivity index (χ3v) is 3.10. The molecule has 0 saturated carbocycles. The van der Waals surface area contributed by atoms with Crippen LogP contribution in [0.5, 0.6) is 0 Å². The highest BCUT2D eigenvalue weighted by atomic mass is 79.9. The van der Waals surface area contributed by atoms with Crippen LogP contribution >= 0.6 is 27.5 Å². The van der Waals surface area contributed by atoms with Gasteiger partial charge < -0.3 is 5.11 Å². The van der Waals surface area contributed by atoms with Gasteiger partial charge in [-0.25, -0.2) is 0 Å². The summed E-state index contributed by atoms with van der Waals surface area (Å²) in [5.74, 6) is 0. The third-order valence-electron chi connectivity index (χ3n) is 2.27. The summed E-state index contributed by atoms with van der Waals surface area (Å²) >= 11 is 9.38. The van der Waals surface area contributed by atoms with E-state index in [0.717, 1.165) is 4.47 Å². The lowest BCUT2D eigenvalue weighted by atomic mass is 10.1. The lowest BCUT2D eigenvalue weighted by Crippen LogP contribution is -2.02. The lowest BCUT2D eigenvalue weighted by Gasteiger charge is -2.10. The Morgan fingerprint density at radius 3 is 2.81 bits per heavy atom. The van der Waals surface area contributed by atoms with Gasteiger partial charge in [0.15, 0.2) is 0 Å². The highest BCUT2D eigenvalue weighted by Crippen LogP contribution is 2.29. The molecule has 0 spiro atoms. The van der Waals surface area contributed by atoms with Crippen LogP contribution < -0.4 is 0 Å². The third kappa shape index (κ3) is 2.29. The van der Waals surface area contributed by atoms with Crippen LogP contribution in [0.3, 0.4) is 0 Å². The van der Waals surface area contributed by atoms with Gasteiger partial charge in [-0.3, -0.25) is 4.68 Å². The van der Waals surface area contributed by atoms with Crippen molar-refractivity contribution in [2.24, 2.45) is 7.05 Å². The van der Waals surface area contributed by atoms with Crippen LogP contribution in [0, 0.1) is 0 Å². The Kier molecular flexibility index (Phi) is 3.33. The largest absolute Gasteiger partial charge is 0.382 e. The Balaban J connectivity index is 2.40. The molecular weight excluding hydrogens is 291 g/mol. The Morgan fingerprint density at radius 1 is 1.44 bits per heavy atom. The van der Waals surface area contributed by atoms with Crippen molar-refractivity contribution < 1.29 is 5.11 Å². The van der Waals surface area contributed by atoms with Crippen molar-refractivity contribution in [2.75, 3.05) is 0 Å². The molecule has 0 saturated heterocycles. The van der Waals surface area contributed by atoms with E-state index in [1.54, 1.807) is 36.1 Å². The minimum atomic E-state index is -0.800. The van der Waals surface area contributed by atoms with Gasteiger partial charge in [-0.1, -0.05) is 27.5 Å². The molecule has 0 fully saturated rings. The van der Waals surface area contributed by atoms with Crippen LogP contribution in [0.1, 0.15) is 17.4 Å². The SMILES string of the molecule is Cn1ccc(C(O)c2cc(Br)ccc2Cl)n1. The molecule has 0 amide bonds. The zero-order valence-corrected chi connectivity index (χ0v) is 10.9. The summed E-state index contributed by atoms with van der Waals surface area (Å²) in [6, 6.07) is 7.13. The van der Waals surface area contributed by atoms with Crippen LogP contribution in [0.4, 0.5) is 0 Å². The molecule has 0 aliphatic carbocycles. The number of aromatic nitrogens is 2. The van der Waals surface area contributed by atoms with Gasteiger partial charge in [0.1, 0.15) is 6.10 Å². The number of hydrogen-bond acceptors (Lipinski definition) is 2. The van der Waals surface area contributed by atoms with Crippen molar-refractivity contribution in [1.82, 2.24) is 9.78 Å². The maximum Gasteiger partial charge on any atom is 0.124 e. The molecule has 16 heavy (non-hydrogen) atoms. The molecule has 2 aromatic rings. The zero-order valence-electron chi connectivity index (χ0n) is 8.56. The fraction of sp³-hybridized carbons (Fsp3) is 0.182. The second-order valence-electron chi connectivity index (χ2n) is 3.48. The first-order valence-electron chi connectivity index (χ1n) is 4.70. The first-order valence-corrected chi connectivity index (χ1v) is 5.87. The van der Waals surface area contributed by atoms with Gasteiger partial charge in [0.05, 0.1) is 5.69 Å². The molecule has 1 unspecified atom stereocenters. The van der Waals surface area contributed by atoms with Crippen molar-refractivity contribution >= 4 is 27.5 Å². The highest BCUT2D eigenvalue weighted by Gasteiger charge is 2.16. The van der Waals surface area contributed by atoms with Crippen molar-refractivity contribution in [2.45, 2.75) is 6.10 Å². The Labute approximate surface area is 107 Å². The summed E-state index contributed by atoms with van der Waals surface area (Å²) in [5.41, 5.74) is 1.23. The van der Waals surface area contributed by atoms with E-state index < -0.39 is 6.10 Å². The van der Waals surface area contributed by atoms with Crippen molar-refractivity contribution in [1.29, 1.82) is 0 Å². The van der Waals surface area contributed by atoms with Crippen LogP contribution in [0.2, 0.25) is 5.02 Å². The van der Waals surface area contributed by atoms with E-state index in [1.165, 1.54) is 0 Å². The molecule has 1 aromatic carbocycles. The predicted molar refractivity (Wildman–Crippen MR) is 66.4 cm³/mol. The average Bonchev–Trinajstić information content (AvgIpc) is 2.67. The summed E-state index contributed by atoms with van der Waals surface area (Å²) in [7, 11) is 1.80. The minimum Gasteiger partial charge on any atom is -0.382 e. The molecule has 84 valence electrons. The monoisotopic (exact) mass is 300 g/mol. The van der Waals surface area contributed by atoms with Gasteiger partial charge in [-0.15, -0.1) is 0 Å². The Morgan fingerprint density at radius 2 is 2.19 bits per heavy atom. The highest BCUT2D eigenvalue weighted by molar-refractivity contribution is 9.10. The zero-order chi connectivity index (χ0) is 11.7. The van der Waals surface area contributed by atoms with Crippen LogP contribution in [-0.2, 0) is 7.05 Å². The van der Waals surface area contributed by atoms with Crippen molar-refractivity contribution in [3.8, 4) is 0 Å². The molecule has 2 rings (SSSR count). The van der Waals surface area contributed by atoms with E-state index in [9.17, 15) is 5.11 Å². The number of hydrogen-bond donors (Lipinski definition) is 1. The molecule has 1 atom stereocenters. The molecule has 0 aliphatic rings. The fourth-order valence-corrected chi connectivity index (χ4v) is 2.06. The van der Waals surface area contributed by atoms with E-state index in [1.807, 2.05) is 6.07 Å². The Hall–Kier alpha value is -0.840. The van der Waals surface area contributed by atoms with E-state index in [0.29, 0.717) is 16.3 Å². The van der Waals surface area contributed by atoms with Crippen LogP contribution in [0.25, 0.3) is 0 Å². The number of halogens is 2. The maximum atomic E-state index is 10.1. The Bertz CT molecular complexity index is 512. The molecule has 0 radical (unpaired) electrons. The normalized spacial score (nSPS) is 12.8. The number of nitrogens with zero attached hydrogens (tertiary/aromatic N) is 2. The van der Waals surface area contributed by atoms with E-state index >= 15 is 0 Å². The second kappa shape index (κ2) is 4.57. The molecule has 1 aromatic heterocycles. The minimum absolute atomic E-state index is 0.529. The number of rotatable bonds is 2. The predicted octanol–water partition coefficient (Wildman–Crippen LogP) is 2.92. The van der Waals surface area contributed by atoms with Gasteiger partial charge in [0, 0.05) is 28.3 Å². The topological polar surface area (TPSA) is 38.0 Å². The molecule has 1 heterocycles. The van der Waals surface area contributed by atoms with Crippen LogP contribution in [-0.4, -0.2) is 14.9 Å². The van der Waals surface area contributed by atoms with Gasteiger partial charge in [0.2, 0.25) is 0 Å². The smallest absolute Gasteiger partial charge is 0.124 e. The summed E-state index contributed by atoms with van der Waals surface area (Å²) in [6.45, 7) is 0. The van der Waals surface area contributed by atoms with E-state index in [2.05, 4.69) is 21.0 Å². The lowest BCUT2D eigenvalue weighted by molar-refractivity contribution is 0.214. The summed E-state index contributed by atoms with van der Waals surface area (Å²) < 4.78 is 2.52. The first-order chi connectivity index (χ1) is 7.58. The summed E-state index contributed by atoms with van der Waals surface area (Å²) in [5, 5.41) is 14.8. The molecular formula is C11H10BrClN2O. The van der Waals surface area contributed by atoms with Crippen molar-refractivity contribution in [3.63, 3.8) is 0 Å². The molecule has 3 nitrogen and oxygen atoms in total. The standard InChI is InChI=1S/C11H10BrClN2O/c1-15-5-4-10(14-15)11(16)8-6-7(12)2-3-9(8)13/h2-6,11,16H,1H3. The van der Waals surface area contributed by atoms with Crippen LogP contribution in [0.15, 0.2) is 34.9 Å². The number of aliphatic hydroxyl groups is 1. The summed E-state index contributed by atoms with van der Waals surface area (Å²) in [6.07, 6.45) is 0.982. The molecule has 1 N–H and O–H groups in total. The van der Waals surface area contributed by atoms with E-state index in [-0.39, 0.29) is 0 Å². The number of aryl methyl sites for hydroxylation is 1. The maximum absolute atomic E-state index is 10.1. The van der Waals surface area contributed by atoms with Crippen molar-refractivity contribution in [3.05, 3.63) is 51.2 Å². The number of aliphatic hydroxyl groups excluding tert-OH is 1. The number of benzene rings is 1. The van der Waals surface area contributed by atoms with Gasteiger partial charge in [-0.2, -0.15) is 5.10 Å². The van der Waals surface area contributed by atoms with Gasteiger partial charge >= 0.3 is 0 Å². The quantitative estimate of drug-likeness (QED) is 0.926. The summed E-state index contributed by atoms with van der Waals surface area (Å²) in [4.78, 5) is 0. The second-order valence-corrected chi connectivity index (χ2v) is 4.81.